The van der Waals surface area contributed by atoms with Crippen molar-refractivity contribution in [2.45, 2.75) is 65.5 Å². The zero-order chi connectivity index (χ0) is 11.5. The minimum atomic E-state index is -0.175. The first-order valence-corrected chi connectivity index (χ1v) is 6.30. The van der Waals surface area contributed by atoms with E-state index < -0.39 is 0 Å². The van der Waals surface area contributed by atoms with Crippen molar-refractivity contribution in [1.82, 2.24) is 5.32 Å². The van der Waals surface area contributed by atoms with Gasteiger partial charge in [0.25, 0.3) is 0 Å². The summed E-state index contributed by atoms with van der Waals surface area (Å²) in [5, 5.41) is 12.8. The second-order valence-corrected chi connectivity index (χ2v) is 6.20. The van der Waals surface area contributed by atoms with Crippen LogP contribution in [0.5, 0.6) is 0 Å². The molecule has 3 atom stereocenters. The van der Waals surface area contributed by atoms with Crippen molar-refractivity contribution < 1.29 is 5.11 Å². The molecule has 0 aromatic heterocycles. The molecule has 1 fully saturated rings. The summed E-state index contributed by atoms with van der Waals surface area (Å²) in [5.41, 5.74) is 0.486. The van der Waals surface area contributed by atoms with Crippen molar-refractivity contribution in [1.29, 1.82) is 0 Å². The standard InChI is InChI=1S/C13H27NO/c1-10-7-12(9-13(3,4)8-10)14-6-5-11(2)15/h10-12,14-15H,5-9H2,1-4H3/t10-,11+,12-/m0/s1. The van der Waals surface area contributed by atoms with Gasteiger partial charge >= 0.3 is 0 Å². The molecule has 0 aromatic rings. The van der Waals surface area contributed by atoms with E-state index in [4.69, 9.17) is 0 Å². The number of aliphatic hydroxyl groups excluding tert-OH is 1. The molecular weight excluding hydrogens is 186 g/mol. The molecule has 0 unspecified atom stereocenters. The Bertz CT molecular complexity index is 189. The Morgan fingerprint density at radius 3 is 2.60 bits per heavy atom. The van der Waals surface area contributed by atoms with E-state index in [0.717, 1.165) is 18.9 Å². The number of rotatable bonds is 4. The Morgan fingerprint density at radius 1 is 1.40 bits per heavy atom. The molecule has 90 valence electrons. The van der Waals surface area contributed by atoms with Crippen LogP contribution in [-0.4, -0.2) is 23.8 Å². The van der Waals surface area contributed by atoms with Crippen LogP contribution in [0.3, 0.4) is 0 Å². The molecule has 0 saturated heterocycles. The smallest absolute Gasteiger partial charge is 0.0524 e. The van der Waals surface area contributed by atoms with Crippen LogP contribution in [0.25, 0.3) is 0 Å². The maximum absolute atomic E-state index is 9.20. The highest BCUT2D eigenvalue weighted by atomic mass is 16.3. The molecule has 0 bridgehead atoms. The normalized spacial score (nSPS) is 32.6. The van der Waals surface area contributed by atoms with E-state index in [2.05, 4.69) is 26.1 Å². The summed E-state index contributed by atoms with van der Waals surface area (Å²) in [6.07, 6.45) is 4.61. The molecule has 15 heavy (non-hydrogen) atoms. The van der Waals surface area contributed by atoms with Crippen LogP contribution in [0.2, 0.25) is 0 Å². The summed E-state index contributed by atoms with van der Waals surface area (Å²) in [7, 11) is 0. The zero-order valence-electron chi connectivity index (χ0n) is 10.7. The third kappa shape index (κ3) is 4.98. The average Bonchev–Trinajstić information content (AvgIpc) is 1.98. The molecular formula is C13H27NO. The van der Waals surface area contributed by atoms with Gasteiger partial charge in [-0.1, -0.05) is 20.8 Å². The maximum atomic E-state index is 9.20. The average molecular weight is 213 g/mol. The van der Waals surface area contributed by atoms with E-state index >= 15 is 0 Å². The van der Waals surface area contributed by atoms with Crippen molar-refractivity contribution in [3.63, 3.8) is 0 Å². The lowest BCUT2D eigenvalue weighted by molar-refractivity contribution is 0.143. The summed E-state index contributed by atoms with van der Waals surface area (Å²) < 4.78 is 0. The lowest BCUT2D eigenvalue weighted by Crippen LogP contribution is -2.40. The molecule has 0 amide bonds. The van der Waals surface area contributed by atoms with E-state index in [-0.39, 0.29) is 6.10 Å². The van der Waals surface area contributed by atoms with Crippen molar-refractivity contribution in [3.05, 3.63) is 0 Å². The van der Waals surface area contributed by atoms with Gasteiger partial charge in [0.1, 0.15) is 0 Å². The molecule has 1 aliphatic rings. The Kier molecular flexibility index (Phi) is 4.60. The van der Waals surface area contributed by atoms with E-state index in [0.29, 0.717) is 11.5 Å². The third-order valence-corrected chi connectivity index (χ3v) is 3.38. The molecule has 0 heterocycles. The summed E-state index contributed by atoms with van der Waals surface area (Å²) >= 11 is 0. The highest BCUT2D eigenvalue weighted by molar-refractivity contribution is 4.86. The van der Waals surface area contributed by atoms with Gasteiger partial charge in [-0.25, -0.2) is 0 Å². The van der Waals surface area contributed by atoms with Crippen molar-refractivity contribution in [3.8, 4) is 0 Å². The summed E-state index contributed by atoms with van der Waals surface area (Å²) in [4.78, 5) is 0. The Hall–Kier alpha value is -0.0800. The number of aliphatic hydroxyl groups is 1. The summed E-state index contributed by atoms with van der Waals surface area (Å²) in [5.74, 6) is 0.831. The SMILES string of the molecule is C[C@H]1C[C@H](NCC[C@@H](C)O)CC(C)(C)C1. The van der Waals surface area contributed by atoms with Crippen molar-refractivity contribution in [2.75, 3.05) is 6.54 Å². The summed E-state index contributed by atoms with van der Waals surface area (Å²) in [6.45, 7) is 9.89. The van der Waals surface area contributed by atoms with E-state index in [1.807, 2.05) is 6.92 Å². The van der Waals surface area contributed by atoms with E-state index in [9.17, 15) is 5.11 Å². The molecule has 2 nitrogen and oxygen atoms in total. The monoisotopic (exact) mass is 213 g/mol. The van der Waals surface area contributed by atoms with Gasteiger partial charge in [-0.05, 0) is 50.5 Å². The highest BCUT2D eigenvalue weighted by Gasteiger charge is 2.31. The fourth-order valence-corrected chi connectivity index (χ4v) is 3.00. The van der Waals surface area contributed by atoms with Crippen LogP contribution in [-0.2, 0) is 0 Å². The number of hydrogen-bond acceptors (Lipinski definition) is 2. The van der Waals surface area contributed by atoms with Crippen LogP contribution in [0.1, 0.15) is 53.4 Å². The van der Waals surface area contributed by atoms with Gasteiger partial charge in [0.15, 0.2) is 0 Å². The second-order valence-electron chi connectivity index (χ2n) is 6.20. The fourth-order valence-electron chi connectivity index (χ4n) is 3.00. The van der Waals surface area contributed by atoms with Gasteiger partial charge in [-0.3, -0.25) is 0 Å². The maximum Gasteiger partial charge on any atom is 0.0524 e. The number of hydrogen-bond donors (Lipinski definition) is 2. The first-order valence-electron chi connectivity index (χ1n) is 6.30. The molecule has 0 radical (unpaired) electrons. The molecule has 0 spiro atoms. The Balaban J connectivity index is 2.29. The first-order chi connectivity index (χ1) is 6.89. The van der Waals surface area contributed by atoms with Crippen molar-refractivity contribution >= 4 is 0 Å². The fraction of sp³-hybridized carbons (Fsp3) is 1.00. The molecule has 1 aliphatic carbocycles. The van der Waals surface area contributed by atoms with Gasteiger partial charge in [-0.2, -0.15) is 0 Å². The zero-order valence-corrected chi connectivity index (χ0v) is 10.7. The topological polar surface area (TPSA) is 32.3 Å². The highest BCUT2D eigenvalue weighted by Crippen LogP contribution is 2.38. The molecule has 0 aliphatic heterocycles. The molecule has 2 heteroatoms. The number of nitrogens with one attached hydrogen (secondary N) is 1. The third-order valence-electron chi connectivity index (χ3n) is 3.38. The minimum Gasteiger partial charge on any atom is -0.393 e. The van der Waals surface area contributed by atoms with Gasteiger partial charge in [0.2, 0.25) is 0 Å². The molecule has 1 saturated carbocycles. The van der Waals surface area contributed by atoms with Crippen LogP contribution in [0, 0.1) is 11.3 Å². The molecule has 2 N–H and O–H groups in total. The van der Waals surface area contributed by atoms with Gasteiger partial charge in [0, 0.05) is 6.04 Å². The van der Waals surface area contributed by atoms with Crippen LogP contribution in [0.4, 0.5) is 0 Å². The Labute approximate surface area is 94.5 Å². The first kappa shape index (κ1) is 13.0. The van der Waals surface area contributed by atoms with E-state index in [1.165, 1.54) is 19.3 Å². The molecule has 1 rings (SSSR count). The molecule has 0 aromatic carbocycles. The van der Waals surface area contributed by atoms with Crippen LogP contribution in [0.15, 0.2) is 0 Å². The van der Waals surface area contributed by atoms with Gasteiger partial charge in [0.05, 0.1) is 6.10 Å². The predicted molar refractivity (Wildman–Crippen MR) is 64.9 cm³/mol. The van der Waals surface area contributed by atoms with Crippen molar-refractivity contribution in [2.24, 2.45) is 11.3 Å². The summed E-state index contributed by atoms with van der Waals surface area (Å²) in [6, 6.07) is 0.655. The quantitative estimate of drug-likeness (QED) is 0.752. The van der Waals surface area contributed by atoms with Crippen LogP contribution >= 0.6 is 0 Å². The van der Waals surface area contributed by atoms with Crippen LogP contribution < -0.4 is 5.32 Å². The minimum absolute atomic E-state index is 0.175. The lowest BCUT2D eigenvalue weighted by atomic mass is 9.70. The predicted octanol–water partition coefficient (Wildman–Crippen LogP) is 2.56. The van der Waals surface area contributed by atoms with E-state index in [1.54, 1.807) is 0 Å². The van der Waals surface area contributed by atoms with Gasteiger partial charge in [-0.15, -0.1) is 0 Å². The lowest BCUT2D eigenvalue weighted by Gasteiger charge is -2.39. The largest absolute Gasteiger partial charge is 0.393 e. The van der Waals surface area contributed by atoms with Gasteiger partial charge < -0.3 is 10.4 Å². The Morgan fingerprint density at radius 2 is 2.07 bits per heavy atom. The second kappa shape index (κ2) is 5.31.